The fourth-order valence-corrected chi connectivity index (χ4v) is 3.66. The standard InChI is InChI=1S/C20H24N2O3/c1-4-21(15-5-6-15)20(23)17-11-13(2)22(14(17)3)16-7-8-18-19(12-16)25-10-9-24-18/h7-8,11-12,15H,4-6,9-10H2,1-3H3. The van der Waals surface area contributed by atoms with Gasteiger partial charge >= 0.3 is 0 Å². The van der Waals surface area contributed by atoms with E-state index in [1.165, 1.54) is 0 Å². The Labute approximate surface area is 148 Å². The van der Waals surface area contributed by atoms with E-state index in [4.69, 9.17) is 9.47 Å². The molecule has 1 aliphatic carbocycles. The fraction of sp³-hybridized carbons (Fsp3) is 0.450. The molecule has 0 N–H and O–H groups in total. The van der Waals surface area contributed by atoms with E-state index < -0.39 is 0 Å². The van der Waals surface area contributed by atoms with Gasteiger partial charge in [-0.2, -0.15) is 0 Å². The topological polar surface area (TPSA) is 43.7 Å². The number of benzene rings is 1. The van der Waals surface area contributed by atoms with Gasteiger partial charge in [0.2, 0.25) is 0 Å². The highest BCUT2D eigenvalue weighted by Gasteiger charge is 2.33. The van der Waals surface area contributed by atoms with Crippen molar-refractivity contribution in [3.05, 3.63) is 41.2 Å². The molecule has 132 valence electrons. The van der Waals surface area contributed by atoms with E-state index in [1.54, 1.807) is 0 Å². The number of fused-ring (bicyclic) bond motifs is 1. The number of carbonyl (C=O) groups is 1. The minimum absolute atomic E-state index is 0.141. The van der Waals surface area contributed by atoms with Gasteiger partial charge in [-0.1, -0.05) is 0 Å². The molecule has 1 saturated carbocycles. The predicted molar refractivity (Wildman–Crippen MR) is 96.0 cm³/mol. The number of hydrogen-bond donors (Lipinski definition) is 0. The lowest BCUT2D eigenvalue weighted by Gasteiger charge is -2.21. The lowest BCUT2D eigenvalue weighted by atomic mass is 10.2. The van der Waals surface area contributed by atoms with E-state index in [2.05, 4.69) is 11.5 Å². The van der Waals surface area contributed by atoms with Gasteiger partial charge < -0.3 is 18.9 Å². The first kappa shape index (κ1) is 16.1. The molecule has 0 bridgehead atoms. The lowest BCUT2D eigenvalue weighted by Crippen LogP contribution is -2.33. The van der Waals surface area contributed by atoms with Crippen LogP contribution in [0.3, 0.4) is 0 Å². The van der Waals surface area contributed by atoms with Crippen LogP contribution in [0.15, 0.2) is 24.3 Å². The Morgan fingerprint density at radius 2 is 1.88 bits per heavy atom. The third kappa shape index (κ3) is 2.77. The van der Waals surface area contributed by atoms with E-state index in [9.17, 15) is 4.79 Å². The molecule has 5 nitrogen and oxygen atoms in total. The van der Waals surface area contributed by atoms with Crippen LogP contribution in [0.5, 0.6) is 11.5 Å². The van der Waals surface area contributed by atoms with Gasteiger partial charge in [0.05, 0.1) is 5.56 Å². The number of hydrogen-bond acceptors (Lipinski definition) is 3. The molecule has 0 unspecified atom stereocenters. The van der Waals surface area contributed by atoms with Crippen molar-refractivity contribution in [3.63, 3.8) is 0 Å². The van der Waals surface area contributed by atoms with Crippen LogP contribution in [0, 0.1) is 13.8 Å². The van der Waals surface area contributed by atoms with Crippen molar-refractivity contribution < 1.29 is 14.3 Å². The molecule has 1 fully saturated rings. The van der Waals surface area contributed by atoms with Crippen LogP contribution in [0.2, 0.25) is 0 Å². The molecule has 4 rings (SSSR count). The SMILES string of the molecule is CCN(C(=O)c1cc(C)n(-c2ccc3c(c2)OCCO3)c1C)C1CC1. The van der Waals surface area contributed by atoms with Gasteiger partial charge in [0.25, 0.3) is 5.91 Å². The van der Waals surface area contributed by atoms with E-state index in [-0.39, 0.29) is 5.91 Å². The number of aryl methyl sites for hydroxylation is 1. The summed E-state index contributed by atoms with van der Waals surface area (Å²) in [6, 6.07) is 8.36. The van der Waals surface area contributed by atoms with Crippen molar-refractivity contribution in [2.24, 2.45) is 0 Å². The molecule has 2 aromatic rings. The van der Waals surface area contributed by atoms with Crippen LogP contribution in [0.1, 0.15) is 41.5 Å². The van der Waals surface area contributed by atoms with E-state index >= 15 is 0 Å². The monoisotopic (exact) mass is 340 g/mol. The summed E-state index contributed by atoms with van der Waals surface area (Å²) >= 11 is 0. The van der Waals surface area contributed by atoms with Gasteiger partial charge in [-0.05, 0) is 51.8 Å². The fourth-order valence-electron chi connectivity index (χ4n) is 3.66. The van der Waals surface area contributed by atoms with Crippen LogP contribution in [0.25, 0.3) is 5.69 Å². The third-order valence-corrected chi connectivity index (χ3v) is 5.03. The highest BCUT2D eigenvalue weighted by atomic mass is 16.6. The molecule has 0 spiro atoms. The Hall–Kier alpha value is -2.43. The number of rotatable bonds is 4. The normalized spacial score (nSPS) is 16.0. The van der Waals surface area contributed by atoms with Crippen molar-refractivity contribution in [3.8, 4) is 17.2 Å². The maximum atomic E-state index is 13.0. The maximum absolute atomic E-state index is 13.0. The van der Waals surface area contributed by atoms with Gasteiger partial charge in [-0.3, -0.25) is 4.79 Å². The Bertz CT molecular complexity index is 821. The number of carbonyl (C=O) groups excluding carboxylic acids is 1. The zero-order valence-electron chi connectivity index (χ0n) is 15.0. The minimum atomic E-state index is 0.141. The minimum Gasteiger partial charge on any atom is -0.486 e. The molecule has 0 atom stereocenters. The van der Waals surface area contributed by atoms with Crippen LogP contribution in [-0.4, -0.2) is 41.2 Å². The van der Waals surface area contributed by atoms with E-state index in [1.807, 2.05) is 43.0 Å². The van der Waals surface area contributed by atoms with Gasteiger partial charge in [0, 0.05) is 35.7 Å². The summed E-state index contributed by atoms with van der Waals surface area (Å²) in [4.78, 5) is 15.0. The van der Waals surface area contributed by atoms with Crippen LogP contribution >= 0.6 is 0 Å². The molecule has 2 aliphatic rings. The van der Waals surface area contributed by atoms with Gasteiger partial charge in [-0.15, -0.1) is 0 Å². The molecule has 2 heterocycles. The highest BCUT2D eigenvalue weighted by Crippen LogP contribution is 2.34. The second-order valence-electron chi connectivity index (χ2n) is 6.77. The van der Waals surface area contributed by atoms with Gasteiger partial charge in [-0.25, -0.2) is 0 Å². The van der Waals surface area contributed by atoms with Crippen molar-refractivity contribution in [2.45, 2.75) is 39.7 Å². The molecular weight excluding hydrogens is 316 g/mol. The molecule has 0 saturated heterocycles. The molecular formula is C20H24N2O3. The quantitative estimate of drug-likeness (QED) is 0.856. The first-order chi connectivity index (χ1) is 12.1. The highest BCUT2D eigenvalue weighted by molar-refractivity contribution is 5.96. The Kier molecular flexibility index (Phi) is 3.94. The summed E-state index contributed by atoms with van der Waals surface area (Å²) in [5.41, 5.74) is 3.80. The largest absolute Gasteiger partial charge is 0.486 e. The Morgan fingerprint density at radius 3 is 2.56 bits per heavy atom. The molecule has 25 heavy (non-hydrogen) atoms. The first-order valence-corrected chi connectivity index (χ1v) is 9.00. The average Bonchev–Trinajstić information content (AvgIpc) is 3.40. The molecule has 1 aliphatic heterocycles. The molecule has 1 amide bonds. The zero-order valence-corrected chi connectivity index (χ0v) is 15.0. The summed E-state index contributed by atoms with van der Waals surface area (Å²) in [7, 11) is 0. The van der Waals surface area contributed by atoms with Crippen LogP contribution in [0.4, 0.5) is 0 Å². The third-order valence-electron chi connectivity index (χ3n) is 5.03. The summed E-state index contributed by atoms with van der Waals surface area (Å²) in [5.74, 6) is 1.68. The van der Waals surface area contributed by atoms with Crippen LogP contribution < -0.4 is 9.47 Å². The summed E-state index contributed by atoms with van der Waals surface area (Å²) < 4.78 is 13.4. The number of aromatic nitrogens is 1. The number of amides is 1. The van der Waals surface area contributed by atoms with Crippen molar-refractivity contribution in [2.75, 3.05) is 19.8 Å². The molecule has 5 heteroatoms. The van der Waals surface area contributed by atoms with Crippen molar-refractivity contribution in [1.82, 2.24) is 9.47 Å². The number of ether oxygens (including phenoxy) is 2. The van der Waals surface area contributed by atoms with E-state index in [0.29, 0.717) is 19.3 Å². The first-order valence-electron chi connectivity index (χ1n) is 9.00. The average molecular weight is 340 g/mol. The lowest BCUT2D eigenvalue weighted by molar-refractivity contribution is 0.0752. The van der Waals surface area contributed by atoms with E-state index in [0.717, 1.165) is 53.5 Å². The Morgan fingerprint density at radius 1 is 1.16 bits per heavy atom. The predicted octanol–water partition coefficient (Wildman–Crippen LogP) is 3.49. The van der Waals surface area contributed by atoms with Crippen molar-refractivity contribution >= 4 is 5.91 Å². The molecule has 1 aromatic carbocycles. The summed E-state index contributed by atoms with van der Waals surface area (Å²) in [6.07, 6.45) is 2.25. The second-order valence-corrected chi connectivity index (χ2v) is 6.77. The second kappa shape index (κ2) is 6.14. The molecule has 1 aromatic heterocycles. The summed E-state index contributed by atoms with van der Waals surface area (Å²) in [5, 5.41) is 0. The van der Waals surface area contributed by atoms with Crippen molar-refractivity contribution in [1.29, 1.82) is 0 Å². The summed E-state index contributed by atoms with van der Waals surface area (Å²) in [6.45, 7) is 8.01. The number of nitrogens with zero attached hydrogens (tertiary/aromatic N) is 2. The zero-order chi connectivity index (χ0) is 17.6. The van der Waals surface area contributed by atoms with Gasteiger partial charge in [0.15, 0.2) is 11.5 Å². The maximum Gasteiger partial charge on any atom is 0.255 e. The molecule has 0 radical (unpaired) electrons. The Balaban J connectivity index is 1.71. The smallest absolute Gasteiger partial charge is 0.255 e. The van der Waals surface area contributed by atoms with Gasteiger partial charge in [0.1, 0.15) is 13.2 Å². The van der Waals surface area contributed by atoms with Crippen LogP contribution in [-0.2, 0) is 0 Å².